The number of amides is 4. The molecule has 0 radical (unpaired) electrons. The maximum absolute atomic E-state index is 13.4. The molecule has 472 valence electrons. The topological polar surface area (TPSA) is 279 Å². The third-order valence-corrected chi connectivity index (χ3v) is 15.7. The van der Waals surface area contributed by atoms with Crippen molar-refractivity contribution < 1.29 is 38.0 Å². The first kappa shape index (κ1) is 65.1. The summed E-state index contributed by atoms with van der Waals surface area (Å²) in [6, 6.07) is 40.7. The number of aromatic nitrogens is 8. The Hall–Kier alpha value is -9.86. The van der Waals surface area contributed by atoms with E-state index in [1.54, 1.807) is 48.5 Å². The first-order valence-corrected chi connectivity index (χ1v) is 30.9. The van der Waals surface area contributed by atoms with Gasteiger partial charge in [0.05, 0.1) is 23.9 Å². The summed E-state index contributed by atoms with van der Waals surface area (Å²) < 4.78 is 27.5. The molecule has 0 bridgehead atoms. The molecule has 22 nitrogen and oxygen atoms in total. The molecular formula is C66H68BBrF2N16O6. The molecule has 0 unspecified atom stereocenters. The number of nitrogens with zero attached hydrogens (tertiary/aromatic N) is 10. The number of carbonyl (C=O) groups is 4. The fourth-order valence-electron chi connectivity index (χ4n) is 10.6. The quantitative estimate of drug-likeness (QED) is 0.0372. The normalized spacial score (nSPS) is 13.3. The van der Waals surface area contributed by atoms with Crippen molar-refractivity contribution in [2.45, 2.75) is 39.5 Å². The van der Waals surface area contributed by atoms with Gasteiger partial charge in [0, 0.05) is 114 Å². The summed E-state index contributed by atoms with van der Waals surface area (Å²) in [4.78, 5) is 75.9. The van der Waals surface area contributed by atoms with Crippen LogP contribution in [0, 0.1) is 11.6 Å². The minimum Gasteiger partial charge on any atom is -0.423 e. The maximum Gasteiger partial charge on any atom is 0.488 e. The molecule has 2 saturated heterocycles. The van der Waals surface area contributed by atoms with Gasteiger partial charge in [-0.1, -0.05) is 72.2 Å². The van der Waals surface area contributed by atoms with Crippen LogP contribution in [0.15, 0.2) is 163 Å². The second-order valence-electron chi connectivity index (χ2n) is 22.0. The Labute approximate surface area is 538 Å². The van der Waals surface area contributed by atoms with Gasteiger partial charge in [0.25, 0.3) is 11.8 Å². The van der Waals surface area contributed by atoms with Crippen molar-refractivity contribution in [3.8, 4) is 11.1 Å². The number of carbonyl (C=O) groups excluding carboxylic acids is 4. The zero-order valence-electron chi connectivity index (χ0n) is 50.6. The van der Waals surface area contributed by atoms with E-state index in [9.17, 15) is 28.0 Å². The van der Waals surface area contributed by atoms with Gasteiger partial charge in [0.15, 0.2) is 11.6 Å². The smallest absolute Gasteiger partial charge is 0.423 e. The van der Waals surface area contributed by atoms with Crippen LogP contribution in [-0.2, 0) is 22.4 Å². The van der Waals surface area contributed by atoms with Crippen LogP contribution in [0.4, 0.5) is 43.4 Å². The van der Waals surface area contributed by atoms with E-state index < -0.39 is 18.8 Å². The summed E-state index contributed by atoms with van der Waals surface area (Å²) >= 11 is 3.42. The van der Waals surface area contributed by atoms with E-state index in [-0.39, 0.29) is 36.5 Å². The fraction of sp³-hybridized carbons (Fsp3) is 0.242. The van der Waals surface area contributed by atoms with Gasteiger partial charge in [0.1, 0.15) is 35.9 Å². The molecular weight excluding hydrogens is 1240 g/mol. The molecule has 8 N–H and O–H groups in total. The van der Waals surface area contributed by atoms with E-state index >= 15 is 0 Å². The molecule has 0 aliphatic carbocycles. The number of nitrogens with one attached hydrogen (secondary N) is 6. The number of hydrogen-bond acceptors (Lipinski definition) is 16. The average molecular weight is 1310 g/mol. The van der Waals surface area contributed by atoms with Gasteiger partial charge >= 0.3 is 7.12 Å². The number of anilines is 6. The summed E-state index contributed by atoms with van der Waals surface area (Å²) in [6.07, 6.45) is 5.33. The fourth-order valence-corrected chi connectivity index (χ4v) is 10.9. The number of H-pyrrole nitrogens is 2. The van der Waals surface area contributed by atoms with Crippen LogP contribution in [0.1, 0.15) is 58.8 Å². The van der Waals surface area contributed by atoms with Crippen LogP contribution in [0.25, 0.3) is 32.9 Å². The van der Waals surface area contributed by atoms with Crippen molar-refractivity contribution in [3.05, 3.63) is 197 Å². The largest absolute Gasteiger partial charge is 0.488 e. The maximum atomic E-state index is 13.4. The molecule has 0 spiro atoms. The summed E-state index contributed by atoms with van der Waals surface area (Å²) in [5, 5.41) is 45.5. The first-order chi connectivity index (χ1) is 44.6. The highest BCUT2D eigenvalue weighted by molar-refractivity contribution is 9.10. The van der Waals surface area contributed by atoms with Gasteiger partial charge in [-0.25, -0.2) is 28.7 Å². The van der Waals surface area contributed by atoms with Crippen molar-refractivity contribution >= 4 is 109 Å². The van der Waals surface area contributed by atoms with Crippen molar-refractivity contribution in [3.63, 3.8) is 0 Å². The lowest BCUT2D eigenvalue weighted by molar-refractivity contribution is -0.116. The van der Waals surface area contributed by atoms with Crippen LogP contribution in [0.5, 0.6) is 0 Å². The lowest BCUT2D eigenvalue weighted by Gasteiger charge is -2.34. The number of hydrogen-bond donors (Lipinski definition) is 8. The minimum absolute atomic E-state index is 0.0140. The van der Waals surface area contributed by atoms with E-state index in [1.165, 1.54) is 49.1 Å². The van der Waals surface area contributed by atoms with E-state index in [0.717, 1.165) is 116 Å². The Balaban J connectivity index is 0.000000165. The Morgan fingerprint density at radius 1 is 0.533 bits per heavy atom. The number of piperazine rings is 2. The van der Waals surface area contributed by atoms with Crippen LogP contribution in [-0.4, -0.2) is 166 Å². The van der Waals surface area contributed by atoms with Gasteiger partial charge in [0.2, 0.25) is 11.8 Å². The molecule has 10 aromatic rings. The first-order valence-electron chi connectivity index (χ1n) is 30.1. The van der Waals surface area contributed by atoms with Crippen LogP contribution in [0.2, 0.25) is 0 Å². The lowest BCUT2D eigenvalue weighted by atomic mass is 9.80. The Morgan fingerprint density at radius 3 is 1.43 bits per heavy atom. The zero-order valence-corrected chi connectivity index (χ0v) is 52.2. The molecule has 12 rings (SSSR count). The molecule has 2 aliphatic rings. The Bertz CT molecular complexity index is 4170. The second kappa shape index (κ2) is 31.3. The summed E-state index contributed by atoms with van der Waals surface area (Å²) in [5.74, 6) is 0.886. The predicted octanol–water partition coefficient (Wildman–Crippen LogP) is 8.97. The van der Waals surface area contributed by atoms with Crippen LogP contribution >= 0.6 is 15.9 Å². The average Bonchev–Trinajstić information content (AvgIpc) is 1.08. The van der Waals surface area contributed by atoms with Crippen molar-refractivity contribution in [1.29, 1.82) is 0 Å². The van der Waals surface area contributed by atoms with Gasteiger partial charge in [-0.05, 0) is 134 Å². The molecule has 4 amide bonds. The summed E-state index contributed by atoms with van der Waals surface area (Å²) in [5.41, 5.74) is 7.16. The lowest BCUT2D eigenvalue weighted by Crippen LogP contribution is -2.48. The van der Waals surface area contributed by atoms with E-state index in [0.29, 0.717) is 62.6 Å². The second-order valence-corrected chi connectivity index (χ2v) is 22.9. The highest BCUT2D eigenvalue weighted by Gasteiger charge is 2.24. The number of aromatic amines is 2. The van der Waals surface area contributed by atoms with E-state index in [1.807, 2.05) is 70.5 Å². The van der Waals surface area contributed by atoms with Crippen molar-refractivity contribution in [2.24, 2.45) is 0 Å². The highest BCUT2D eigenvalue weighted by Crippen LogP contribution is 2.30. The SMILES string of the molecule is CCCN1CCN(C(=O)c2ccc(-c3ccc4c(Nc5cc(CC(=O)Nc6cccc(F)c6)[nH]n5)ncnc4c3)cc2)CC1.CCCN1CCN(C(=O)c2ccc(B(O)O)cc2)CC1.O=C(Cc1cc(Nc2ncnc3cc(Br)ccc23)n[nH]1)Nc1cccc(F)c1. The van der Waals surface area contributed by atoms with Gasteiger partial charge in [-0.3, -0.25) is 39.2 Å². The van der Waals surface area contributed by atoms with Crippen LogP contribution < -0.4 is 26.7 Å². The Kier molecular flexibility index (Phi) is 22.1. The minimum atomic E-state index is -1.49. The third kappa shape index (κ3) is 17.8. The number of fused-ring (bicyclic) bond motifs is 2. The number of halogens is 3. The molecule has 6 aromatic carbocycles. The zero-order chi connectivity index (χ0) is 64.5. The molecule has 0 atom stereocenters. The molecule has 26 heteroatoms. The van der Waals surface area contributed by atoms with E-state index in [4.69, 9.17) is 10.0 Å². The standard InChI is InChI=1S/C33H33FN8O2.C19H14BrFN6O.C14H21BN2O3/c1-2-12-41-13-15-42(16-14-41)33(44)23-8-6-22(7-9-23)24-10-11-28-29(17-24)35-21-36-32(28)38-30-19-27(39-40-30)20-31(43)37-26-5-3-4-25(34)18-26;20-11-4-5-15-16(6-11)22-10-23-19(15)25-17-8-14(26-27-17)9-18(28)24-13-3-1-2-12(21)7-13;1-2-7-16-8-10-17(11-9-16)14(18)12-3-5-13(6-4-12)15(19)20/h3-11,17-19,21H,2,12-16,20H2,1H3,(H,37,43)(H2,35,36,38,39,40);1-8,10H,9H2,(H,24,28)(H2,22,23,25,26,27);3-6,19-20H,2,7-11H2,1H3. The summed E-state index contributed by atoms with van der Waals surface area (Å²) in [7, 11) is -1.49. The molecule has 0 saturated carbocycles. The molecule has 92 heavy (non-hydrogen) atoms. The molecule has 2 fully saturated rings. The van der Waals surface area contributed by atoms with E-state index in [2.05, 4.69) is 101 Å². The molecule has 6 heterocycles. The van der Waals surface area contributed by atoms with Crippen molar-refractivity contribution in [2.75, 3.05) is 86.7 Å². The number of benzene rings is 6. The van der Waals surface area contributed by atoms with Crippen molar-refractivity contribution in [1.82, 2.24) is 59.9 Å². The summed E-state index contributed by atoms with van der Waals surface area (Å²) in [6.45, 7) is 13.2. The van der Waals surface area contributed by atoms with Gasteiger partial charge < -0.3 is 41.1 Å². The monoisotopic (exact) mass is 1310 g/mol. The van der Waals surface area contributed by atoms with Gasteiger partial charge in [-0.2, -0.15) is 10.2 Å². The van der Waals surface area contributed by atoms with Gasteiger partial charge in [-0.15, -0.1) is 0 Å². The highest BCUT2D eigenvalue weighted by atomic mass is 79.9. The molecule has 2 aliphatic heterocycles. The molecule has 4 aromatic heterocycles. The van der Waals surface area contributed by atoms with Crippen LogP contribution in [0.3, 0.4) is 0 Å². The predicted molar refractivity (Wildman–Crippen MR) is 355 cm³/mol. The Morgan fingerprint density at radius 2 is 0.978 bits per heavy atom. The number of rotatable bonds is 18. The third-order valence-electron chi connectivity index (χ3n) is 15.2.